The van der Waals surface area contributed by atoms with Crippen LogP contribution in [0.5, 0.6) is 0 Å². The Morgan fingerprint density at radius 3 is 2.12 bits per heavy atom. The number of carbonyl (C=O) groups is 1. The van der Waals surface area contributed by atoms with Gasteiger partial charge in [-0.25, -0.2) is 13.2 Å². The fourth-order valence-corrected chi connectivity index (χ4v) is 3.59. The van der Waals surface area contributed by atoms with E-state index < -0.39 is 10.0 Å². The fourth-order valence-electron chi connectivity index (χ4n) is 2.53. The molecule has 0 radical (unpaired) electrons. The van der Waals surface area contributed by atoms with Crippen LogP contribution in [0.4, 0.5) is 16.2 Å². The van der Waals surface area contributed by atoms with Crippen molar-refractivity contribution in [1.82, 2.24) is 4.90 Å². The summed E-state index contributed by atoms with van der Waals surface area (Å²) in [7, 11) is -1.86. The number of likely N-dealkylation sites (N-methyl/N-ethyl adjacent to an activating group) is 1. The van der Waals surface area contributed by atoms with Crippen molar-refractivity contribution in [1.29, 1.82) is 0 Å². The zero-order valence-corrected chi connectivity index (χ0v) is 14.4. The molecule has 0 bridgehead atoms. The molecule has 24 heavy (non-hydrogen) atoms. The number of nitrogens with zero attached hydrogens (tertiary/aromatic N) is 2. The first-order chi connectivity index (χ1) is 11.4. The van der Waals surface area contributed by atoms with Gasteiger partial charge in [-0.05, 0) is 43.3 Å². The lowest BCUT2D eigenvalue weighted by molar-refractivity contribution is 0.229. The van der Waals surface area contributed by atoms with E-state index in [0.717, 1.165) is 11.3 Å². The highest BCUT2D eigenvalue weighted by Gasteiger charge is 2.26. The molecule has 2 aromatic rings. The first kappa shape index (κ1) is 16.3. The minimum atomic E-state index is -3.62. The second-order valence-electron chi connectivity index (χ2n) is 5.82. The number of carbonyl (C=O) groups excluding carboxylic acids is 1. The smallest absolute Gasteiger partial charge is 0.324 e. The molecule has 0 aromatic heterocycles. The number of amides is 2. The van der Waals surface area contributed by atoms with Crippen molar-refractivity contribution in [3.63, 3.8) is 0 Å². The number of aryl methyl sites for hydroxylation is 1. The molecule has 1 saturated heterocycles. The predicted molar refractivity (Wildman–Crippen MR) is 93.8 cm³/mol. The van der Waals surface area contributed by atoms with E-state index in [1.54, 1.807) is 65.4 Å². The molecule has 1 aliphatic heterocycles. The van der Waals surface area contributed by atoms with Gasteiger partial charge in [0, 0.05) is 31.5 Å². The Morgan fingerprint density at radius 2 is 1.58 bits per heavy atom. The second-order valence-corrected chi connectivity index (χ2v) is 7.50. The van der Waals surface area contributed by atoms with Crippen LogP contribution in [0.3, 0.4) is 0 Å². The number of benzene rings is 2. The largest absolute Gasteiger partial charge is 0.326 e. The van der Waals surface area contributed by atoms with Gasteiger partial charge >= 0.3 is 6.03 Å². The predicted octanol–water partition coefficient (Wildman–Crippen LogP) is 2.67. The third kappa shape index (κ3) is 3.21. The molecule has 3 rings (SSSR count). The number of hydrogen-bond donors (Lipinski definition) is 1. The van der Waals surface area contributed by atoms with Crippen molar-refractivity contribution in [2.75, 3.05) is 29.8 Å². The van der Waals surface area contributed by atoms with Crippen molar-refractivity contribution < 1.29 is 13.2 Å². The highest BCUT2D eigenvalue weighted by Crippen LogP contribution is 2.23. The molecule has 6 nitrogen and oxygen atoms in total. The van der Waals surface area contributed by atoms with E-state index >= 15 is 0 Å². The van der Waals surface area contributed by atoms with Gasteiger partial charge in [0.2, 0.25) is 0 Å². The fraction of sp³-hybridized carbons (Fsp3) is 0.235. The molecule has 0 spiro atoms. The van der Waals surface area contributed by atoms with Gasteiger partial charge < -0.3 is 4.90 Å². The molecule has 7 heteroatoms. The Morgan fingerprint density at radius 1 is 0.958 bits per heavy atom. The van der Waals surface area contributed by atoms with Crippen LogP contribution in [0.1, 0.15) is 5.56 Å². The highest BCUT2D eigenvalue weighted by molar-refractivity contribution is 7.92. The molecule has 0 aliphatic carbocycles. The molecule has 1 N–H and O–H groups in total. The zero-order chi connectivity index (χ0) is 17.3. The summed E-state index contributed by atoms with van der Waals surface area (Å²) in [6.45, 7) is 3.21. The molecule has 1 fully saturated rings. The van der Waals surface area contributed by atoms with E-state index in [2.05, 4.69) is 4.72 Å². The topological polar surface area (TPSA) is 69.7 Å². The Hall–Kier alpha value is -2.54. The maximum atomic E-state index is 12.4. The molecule has 0 atom stereocenters. The van der Waals surface area contributed by atoms with Crippen LogP contribution in [0, 0.1) is 6.92 Å². The highest BCUT2D eigenvalue weighted by atomic mass is 32.2. The van der Waals surface area contributed by atoms with Crippen molar-refractivity contribution in [3.8, 4) is 0 Å². The summed E-state index contributed by atoms with van der Waals surface area (Å²) < 4.78 is 27.3. The maximum Gasteiger partial charge on any atom is 0.324 e. The zero-order valence-electron chi connectivity index (χ0n) is 13.6. The minimum Gasteiger partial charge on any atom is -0.326 e. The molecular weight excluding hydrogens is 326 g/mol. The Labute approximate surface area is 141 Å². The van der Waals surface area contributed by atoms with Gasteiger partial charge in [0.1, 0.15) is 0 Å². The van der Waals surface area contributed by atoms with Crippen molar-refractivity contribution >= 4 is 27.4 Å². The van der Waals surface area contributed by atoms with E-state index in [-0.39, 0.29) is 10.9 Å². The number of sulfonamides is 1. The number of rotatable bonds is 4. The van der Waals surface area contributed by atoms with E-state index in [0.29, 0.717) is 18.8 Å². The molecular formula is C17H19N3O3S. The third-order valence-electron chi connectivity index (χ3n) is 3.98. The molecule has 0 unspecified atom stereocenters. The van der Waals surface area contributed by atoms with Crippen molar-refractivity contribution in [2.24, 2.45) is 0 Å². The van der Waals surface area contributed by atoms with Crippen molar-refractivity contribution in [3.05, 3.63) is 54.1 Å². The SMILES string of the molecule is Cc1ccc(S(=O)(=O)Nc2ccc(N3CCN(C)C3=O)cc2)cc1. The third-order valence-corrected chi connectivity index (χ3v) is 5.38. The molecule has 2 aromatic carbocycles. The summed E-state index contributed by atoms with van der Waals surface area (Å²) in [5.74, 6) is 0. The summed E-state index contributed by atoms with van der Waals surface area (Å²) >= 11 is 0. The normalized spacial score (nSPS) is 15.0. The Balaban J connectivity index is 1.77. The van der Waals surface area contributed by atoms with Gasteiger partial charge in [-0.3, -0.25) is 9.62 Å². The van der Waals surface area contributed by atoms with Gasteiger partial charge in [-0.15, -0.1) is 0 Å². The van der Waals surface area contributed by atoms with Crippen LogP contribution >= 0.6 is 0 Å². The lowest BCUT2D eigenvalue weighted by atomic mass is 10.2. The summed E-state index contributed by atoms with van der Waals surface area (Å²) in [6, 6.07) is 13.4. The first-order valence-electron chi connectivity index (χ1n) is 7.59. The van der Waals surface area contributed by atoms with Crippen molar-refractivity contribution in [2.45, 2.75) is 11.8 Å². The van der Waals surface area contributed by atoms with Gasteiger partial charge in [0.15, 0.2) is 0 Å². The molecule has 1 heterocycles. The summed E-state index contributed by atoms with van der Waals surface area (Å²) in [6.07, 6.45) is 0. The Bertz CT molecular complexity index is 846. The molecule has 126 valence electrons. The average molecular weight is 345 g/mol. The van der Waals surface area contributed by atoms with Gasteiger partial charge in [0.25, 0.3) is 10.0 Å². The number of nitrogens with one attached hydrogen (secondary N) is 1. The van der Waals surface area contributed by atoms with Gasteiger partial charge in [0.05, 0.1) is 4.90 Å². The Kier molecular flexibility index (Phi) is 4.19. The first-order valence-corrected chi connectivity index (χ1v) is 9.07. The minimum absolute atomic E-state index is 0.0528. The second kappa shape index (κ2) is 6.16. The number of hydrogen-bond acceptors (Lipinski definition) is 3. The number of anilines is 2. The van der Waals surface area contributed by atoms with Crippen LogP contribution in [-0.2, 0) is 10.0 Å². The molecule has 0 saturated carbocycles. The van der Waals surface area contributed by atoms with Crippen LogP contribution in [0.25, 0.3) is 0 Å². The molecule has 1 aliphatic rings. The summed E-state index contributed by atoms with van der Waals surface area (Å²) in [5.41, 5.74) is 2.21. The van der Waals surface area contributed by atoms with E-state index in [1.807, 2.05) is 6.92 Å². The van der Waals surface area contributed by atoms with E-state index in [4.69, 9.17) is 0 Å². The van der Waals surface area contributed by atoms with E-state index in [9.17, 15) is 13.2 Å². The van der Waals surface area contributed by atoms with Crippen LogP contribution in [-0.4, -0.2) is 39.5 Å². The maximum absolute atomic E-state index is 12.4. The standard InChI is InChI=1S/C17H19N3O3S/c1-13-3-9-16(10-4-13)24(22,23)18-14-5-7-15(8-6-14)20-12-11-19(2)17(20)21/h3-10,18H,11-12H2,1-2H3. The van der Waals surface area contributed by atoms with Crippen LogP contribution < -0.4 is 9.62 Å². The monoisotopic (exact) mass is 345 g/mol. The van der Waals surface area contributed by atoms with Gasteiger partial charge in [-0.1, -0.05) is 17.7 Å². The summed E-state index contributed by atoms with van der Waals surface area (Å²) in [4.78, 5) is 15.5. The summed E-state index contributed by atoms with van der Waals surface area (Å²) in [5, 5.41) is 0. The lowest BCUT2D eigenvalue weighted by Gasteiger charge is -2.16. The lowest BCUT2D eigenvalue weighted by Crippen LogP contribution is -2.29. The van der Waals surface area contributed by atoms with Crippen LogP contribution in [0.15, 0.2) is 53.4 Å². The quantitative estimate of drug-likeness (QED) is 0.926. The average Bonchev–Trinajstić information content (AvgIpc) is 2.88. The van der Waals surface area contributed by atoms with Gasteiger partial charge in [-0.2, -0.15) is 0 Å². The number of urea groups is 1. The van der Waals surface area contributed by atoms with E-state index in [1.165, 1.54) is 0 Å². The van der Waals surface area contributed by atoms with Crippen LogP contribution in [0.2, 0.25) is 0 Å². The molecule has 2 amide bonds.